The lowest BCUT2D eigenvalue weighted by molar-refractivity contribution is -0.137. The highest BCUT2D eigenvalue weighted by Crippen LogP contribution is 2.45. The van der Waals surface area contributed by atoms with Gasteiger partial charge in [-0.25, -0.2) is 4.79 Å². The molecular weight excluding hydrogens is 586 g/mol. The van der Waals surface area contributed by atoms with Gasteiger partial charge >= 0.3 is 12.3 Å². The molecule has 4 aromatic carbocycles. The predicted molar refractivity (Wildman–Crippen MR) is 146 cm³/mol. The Labute approximate surface area is 239 Å². The molecule has 5 aromatic rings. The molecule has 0 saturated heterocycles. The molecule has 0 aliphatic carbocycles. The molecule has 5 rings (SSSR count). The average molecular weight is 602 g/mol. The number of halogens is 5. The molecule has 0 aliphatic rings. The molecule has 0 unspecified atom stereocenters. The van der Waals surface area contributed by atoms with E-state index in [1.165, 1.54) is 42.5 Å². The van der Waals surface area contributed by atoms with E-state index in [4.69, 9.17) is 28.3 Å². The number of hydrogen-bond acceptors (Lipinski definition) is 6. The summed E-state index contributed by atoms with van der Waals surface area (Å²) >= 11 is 12.1. The fourth-order valence-corrected chi connectivity index (χ4v) is 4.49. The largest absolute Gasteiger partial charge is 0.511 e. The number of fused-ring (bicyclic) bond motifs is 1. The van der Waals surface area contributed by atoms with Crippen molar-refractivity contribution < 1.29 is 38.0 Å². The fraction of sp³-hybridized carbons (Fsp3) is 0.0357. The first-order valence-corrected chi connectivity index (χ1v) is 12.3. The number of aromatic nitrogens is 1. The van der Waals surface area contributed by atoms with Gasteiger partial charge in [0.15, 0.2) is 11.4 Å². The highest BCUT2D eigenvalue weighted by molar-refractivity contribution is 6.42. The number of carboxylic acid groups (broad SMARTS) is 1. The molecule has 208 valence electrons. The maximum atomic E-state index is 13.5. The van der Waals surface area contributed by atoms with E-state index in [2.05, 4.69) is 15.0 Å². The van der Waals surface area contributed by atoms with E-state index in [0.29, 0.717) is 5.56 Å². The topological polar surface area (TPSA) is 117 Å². The molecule has 41 heavy (non-hydrogen) atoms. The third-order valence-electron chi connectivity index (χ3n) is 6.03. The van der Waals surface area contributed by atoms with Crippen LogP contribution in [0.4, 0.5) is 29.3 Å². The second-order valence-electron chi connectivity index (χ2n) is 8.60. The maximum absolute atomic E-state index is 13.5. The third-order valence-corrected chi connectivity index (χ3v) is 6.77. The number of benzene rings is 4. The Balaban J connectivity index is 1.63. The quantitative estimate of drug-likeness (QED) is 0.105. The number of phenols is 1. The molecule has 0 amide bonds. The van der Waals surface area contributed by atoms with E-state index in [1.807, 2.05) is 0 Å². The zero-order valence-electron chi connectivity index (χ0n) is 20.4. The normalized spacial score (nSPS) is 11.8. The van der Waals surface area contributed by atoms with Gasteiger partial charge in [-0.1, -0.05) is 47.5 Å². The SMILES string of the molecule is O=C(O)Oc1cccc(-c2cccc(N=Nc3c(O)n(-c4ccc(Cl)c(Cl)c4)c4cc(C(F)(F)F)ccc34)c2O)c1. The minimum absolute atomic E-state index is 0.0275. The molecule has 0 bridgehead atoms. The van der Waals surface area contributed by atoms with Crippen molar-refractivity contribution in [3.8, 4) is 34.2 Å². The molecule has 3 N–H and O–H groups in total. The van der Waals surface area contributed by atoms with Crippen LogP contribution in [0.25, 0.3) is 27.7 Å². The van der Waals surface area contributed by atoms with Crippen LogP contribution in [0, 0.1) is 0 Å². The lowest BCUT2D eigenvalue weighted by Gasteiger charge is -2.10. The Morgan fingerprint density at radius 3 is 2.34 bits per heavy atom. The zero-order chi connectivity index (χ0) is 29.5. The summed E-state index contributed by atoms with van der Waals surface area (Å²) in [5.41, 5.74) is -0.275. The van der Waals surface area contributed by atoms with Gasteiger partial charge in [0.2, 0.25) is 5.88 Å². The first-order valence-electron chi connectivity index (χ1n) is 11.6. The standard InChI is InChI=1S/C28H16Cl2F3N3O5/c29-20-10-8-16(13-21(20)30)36-23-12-15(28(31,32)33)7-9-19(23)24(26(36)38)35-34-22-6-2-5-18(25(22)37)14-3-1-4-17(11-14)41-27(39)40/h1-13,37-38H,(H,39,40). The summed E-state index contributed by atoms with van der Waals surface area (Å²) in [5, 5.41) is 39.5. The average Bonchev–Trinajstić information content (AvgIpc) is 3.19. The summed E-state index contributed by atoms with van der Waals surface area (Å²) in [5.74, 6) is -0.828. The maximum Gasteiger partial charge on any atom is 0.511 e. The molecule has 1 aromatic heterocycles. The number of carbonyl (C=O) groups is 1. The number of hydrogen-bond donors (Lipinski definition) is 3. The molecule has 0 atom stereocenters. The molecule has 13 heteroatoms. The summed E-state index contributed by atoms with van der Waals surface area (Å²) in [7, 11) is 0. The minimum atomic E-state index is -4.66. The molecule has 0 fully saturated rings. The number of phenolic OH excluding ortho intramolecular Hbond substituents is 1. The summed E-state index contributed by atoms with van der Waals surface area (Å²) in [6.45, 7) is 0. The van der Waals surface area contributed by atoms with Crippen LogP contribution in [0.5, 0.6) is 17.4 Å². The molecule has 0 spiro atoms. The smallest absolute Gasteiger partial charge is 0.505 e. The second kappa shape index (κ2) is 10.7. The van der Waals surface area contributed by atoms with Crippen LogP contribution >= 0.6 is 23.2 Å². The molecule has 0 radical (unpaired) electrons. The van der Waals surface area contributed by atoms with E-state index in [0.717, 1.165) is 22.8 Å². The highest BCUT2D eigenvalue weighted by atomic mass is 35.5. The van der Waals surface area contributed by atoms with Gasteiger partial charge < -0.3 is 20.1 Å². The van der Waals surface area contributed by atoms with E-state index >= 15 is 0 Å². The van der Waals surface area contributed by atoms with Crippen molar-refractivity contribution in [1.82, 2.24) is 4.57 Å². The lowest BCUT2D eigenvalue weighted by Crippen LogP contribution is -2.05. The van der Waals surface area contributed by atoms with Crippen molar-refractivity contribution in [3.05, 3.63) is 94.5 Å². The Morgan fingerprint density at radius 1 is 0.878 bits per heavy atom. The highest BCUT2D eigenvalue weighted by Gasteiger charge is 2.32. The molecule has 8 nitrogen and oxygen atoms in total. The lowest BCUT2D eigenvalue weighted by atomic mass is 10.0. The van der Waals surface area contributed by atoms with Crippen LogP contribution in [0.15, 0.2) is 89.1 Å². The number of azo groups is 1. The van der Waals surface area contributed by atoms with Crippen LogP contribution in [0.1, 0.15) is 5.56 Å². The Kier molecular flexibility index (Phi) is 7.24. The number of aromatic hydroxyl groups is 2. The van der Waals surface area contributed by atoms with Gasteiger partial charge in [-0.2, -0.15) is 13.2 Å². The van der Waals surface area contributed by atoms with Gasteiger partial charge in [0.05, 0.1) is 26.8 Å². The number of rotatable bonds is 5. The van der Waals surface area contributed by atoms with Crippen LogP contribution in [0.2, 0.25) is 10.0 Å². The van der Waals surface area contributed by atoms with Crippen LogP contribution in [0.3, 0.4) is 0 Å². The minimum Gasteiger partial charge on any atom is -0.505 e. The number of alkyl halides is 3. The molecule has 0 aliphatic heterocycles. The van der Waals surface area contributed by atoms with Gasteiger partial charge in [0.1, 0.15) is 11.4 Å². The monoisotopic (exact) mass is 601 g/mol. The Hall–Kier alpha value is -4.74. The van der Waals surface area contributed by atoms with Crippen LogP contribution in [-0.4, -0.2) is 26.0 Å². The first-order chi connectivity index (χ1) is 19.4. The predicted octanol–water partition coefficient (Wildman–Crippen LogP) is 9.51. The summed E-state index contributed by atoms with van der Waals surface area (Å²) in [4.78, 5) is 10.9. The summed E-state index contributed by atoms with van der Waals surface area (Å²) in [6.07, 6.45) is -6.16. The number of para-hydroxylation sites is 1. The van der Waals surface area contributed by atoms with E-state index in [9.17, 15) is 28.2 Å². The summed E-state index contributed by atoms with van der Waals surface area (Å²) in [6, 6.07) is 17.7. The Morgan fingerprint density at radius 2 is 1.63 bits per heavy atom. The van der Waals surface area contributed by atoms with Crippen LogP contribution in [-0.2, 0) is 6.18 Å². The van der Waals surface area contributed by atoms with Gasteiger partial charge in [-0.15, -0.1) is 10.2 Å². The molecule has 1 heterocycles. The zero-order valence-corrected chi connectivity index (χ0v) is 21.9. The van der Waals surface area contributed by atoms with Crippen molar-refractivity contribution in [1.29, 1.82) is 0 Å². The van der Waals surface area contributed by atoms with Crippen molar-refractivity contribution in [3.63, 3.8) is 0 Å². The Bertz CT molecular complexity index is 1850. The number of ether oxygens (including phenoxy) is 1. The van der Waals surface area contributed by atoms with Crippen molar-refractivity contribution >= 4 is 51.6 Å². The van der Waals surface area contributed by atoms with Crippen LogP contribution < -0.4 is 4.74 Å². The van der Waals surface area contributed by atoms with Crippen molar-refractivity contribution in [2.75, 3.05) is 0 Å². The fourth-order valence-electron chi connectivity index (χ4n) is 4.19. The van der Waals surface area contributed by atoms with Crippen molar-refractivity contribution in [2.24, 2.45) is 10.2 Å². The van der Waals surface area contributed by atoms with Gasteiger partial charge in [-0.05, 0) is 60.2 Å². The molecular formula is C28H16Cl2F3N3O5. The molecule has 0 saturated carbocycles. The van der Waals surface area contributed by atoms with E-state index < -0.39 is 23.8 Å². The number of nitrogens with zero attached hydrogens (tertiary/aromatic N) is 3. The second-order valence-corrected chi connectivity index (χ2v) is 9.42. The summed E-state index contributed by atoms with van der Waals surface area (Å²) < 4.78 is 46.4. The van der Waals surface area contributed by atoms with Gasteiger partial charge in [0, 0.05) is 10.9 Å². The van der Waals surface area contributed by atoms with E-state index in [1.54, 1.807) is 18.2 Å². The first kappa shape index (κ1) is 27.8. The van der Waals surface area contributed by atoms with Gasteiger partial charge in [0.25, 0.3) is 0 Å². The van der Waals surface area contributed by atoms with Gasteiger partial charge in [-0.3, -0.25) is 4.57 Å². The van der Waals surface area contributed by atoms with E-state index in [-0.39, 0.29) is 55.1 Å². The van der Waals surface area contributed by atoms with Crippen molar-refractivity contribution in [2.45, 2.75) is 6.18 Å². The third kappa shape index (κ3) is 5.49.